The molecule has 2 amide bonds. The summed E-state index contributed by atoms with van der Waals surface area (Å²) in [7, 11) is 2.88. The molecule has 0 radical (unpaired) electrons. The fourth-order valence-corrected chi connectivity index (χ4v) is 3.00. The van der Waals surface area contributed by atoms with E-state index in [0.29, 0.717) is 34.9 Å². The maximum atomic E-state index is 12.5. The summed E-state index contributed by atoms with van der Waals surface area (Å²) in [4.78, 5) is 36.7. The molecule has 0 aromatic heterocycles. The van der Waals surface area contributed by atoms with Crippen molar-refractivity contribution in [2.24, 2.45) is 5.10 Å². The smallest absolute Gasteiger partial charge is 0.343 e. The third kappa shape index (κ3) is 6.83. The highest BCUT2D eigenvalue weighted by Gasteiger charge is 2.16. The molecule has 0 saturated heterocycles. The molecule has 0 unspecified atom stereocenters. The average Bonchev–Trinajstić information content (AvgIpc) is 2.90. The molecule has 0 aliphatic carbocycles. The zero-order chi connectivity index (χ0) is 25.9. The highest BCUT2D eigenvalue weighted by Crippen LogP contribution is 2.28. The number of hydrazone groups is 1. The van der Waals surface area contributed by atoms with Crippen molar-refractivity contribution in [2.45, 2.75) is 6.92 Å². The van der Waals surface area contributed by atoms with Gasteiger partial charge in [0.15, 0.2) is 11.5 Å². The molecule has 2 N–H and O–H groups in total. The molecule has 0 fully saturated rings. The Kier molecular flexibility index (Phi) is 8.99. The molecular weight excluding hydrogens is 466 g/mol. The van der Waals surface area contributed by atoms with E-state index in [1.165, 1.54) is 26.5 Å². The number of nitrogens with one attached hydrogen (secondary N) is 2. The van der Waals surface area contributed by atoms with Crippen molar-refractivity contribution in [1.82, 2.24) is 5.43 Å². The van der Waals surface area contributed by atoms with Gasteiger partial charge in [-0.1, -0.05) is 12.1 Å². The van der Waals surface area contributed by atoms with Crippen LogP contribution in [0.5, 0.6) is 23.0 Å². The Morgan fingerprint density at radius 2 is 1.58 bits per heavy atom. The van der Waals surface area contributed by atoms with Gasteiger partial charge in [-0.3, -0.25) is 9.59 Å². The standard InChI is InChI=1S/C26H25N3O7/c1-4-35-19-12-10-18(11-13-19)26(32)36-22-14-9-17(15-23(22)34-3)16-27-29-25(31)24(30)28-20-7-5-6-8-21(20)33-2/h5-16H,4H2,1-3H3,(H,28,30)(H,29,31)/b27-16+. The lowest BCUT2D eigenvalue weighted by atomic mass is 10.2. The summed E-state index contributed by atoms with van der Waals surface area (Å²) >= 11 is 0. The van der Waals surface area contributed by atoms with Gasteiger partial charge >= 0.3 is 17.8 Å². The summed E-state index contributed by atoms with van der Waals surface area (Å²) in [5.41, 5.74) is 3.37. The minimum absolute atomic E-state index is 0.203. The maximum absolute atomic E-state index is 12.5. The van der Waals surface area contributed by atoms with E-state index in [-0.39, 0.29) is 11.5 Å². The predicted octanol–water partition coefficient (Wildman–Crippen LogP) is 3.41. The van der Waals surface area contributed by atoms with Crippen LogP contribution in [0, 0.1) is 0 Å². The zero-order valence-electron chi connectivity index (χ0n) is 19.9. The summed E-state index contributed by atoms with van der Waals surface area (Å²) in [6.45, 7) is 2.40. The van der Waals surface area contributed by atoms with E-state index in [1.54, 1.807) is 60.7 Å². The van der Waals surface area contributed by atoms with Crippen LogP contribution < -0.4 is 29.7 Å². The molecule has 186 valence electrons. The van der Waals surface area contributed by atoms with Crippen LogP contribution in [0.2, 0.25) is 0 Å². The monoisotopic (exact) mass is 491 g/mol. The lowest BCUT2D eigenvalue weighted by molar-refractivity contribution is -0.136. The average molecular weight is 492 g/mol. The van der Waals surface area contributed by atoms with E-state index < -0.39 is 17.8 Å². The van der Waals surface area contributed by atoms with Gasteiger partial charge < -0.3 is 24.3 Å². The van der Waals surface area contributed by atoms with Gasteiger partial charge in [0, 0.05) is 0 Å². The molecule has 3 aromatic rings. The first kappa shape index (κ1) is 25.8. The lowest BCUT2D eigenvalue weighted by Gasteiger charge is -2.10. The number of hydrogen-bond donors (Lipinski definition) is 2. The lowest BCUT2D eigenvalue weighted by Crippen LogP contribution is -2.32. The topological polar surface area (TPSA) is 125 Å². The van der Waals surface area contributed by atoms with Crippen LogP contribution in [0.25, 0.3) is 0 Å². The van der Waals surface area contributed by atoms with Crippen molar-refractivity contribution >= 4 is 29.7 Å². The number of benzene rings is 3. The first-order valence-electron chi connectivity index (χ1n) is 10.9. The highest BCUT2D eigenvalue weighted by molar-refractivity contribution is 6.39. The SMILES string of the molecule is CCOc1ccc(C(=O)Oc2ccc(/C=N/NC(=O)C(=O)Nc3ccccc3OC)cc2OC)cc1. The van der Waals surface area contributed by atoms with Gasteiger partial charge in [-0.05, 0) is 67.1 Å². The van der Waals surface area contributed by atoms with Crippen molar-refractivity contribution in [3.8, 4) is 23.0 Å². The minimum Gasteiger partial charge on any atom is -0.495 e. The molecule has 0 bridgehead atoms. The number of carbonyl (C=O) groups excluding carboxylic acids is 3. The summed E-state index contributed by atoms with van der Waals surface area (Å²) in [5, 5.41) is 6.24. The number of anilines is 1. The summed E-state index contributed by atoms with van der Waals surface area (Å²) in [6, 6.07) is 18.0. The first-order chi connectivity index (χ1) is 17.4. The van der Waals surface area contributed by atoms with Gasteiger partial charge in [-0.2, -0.15) is 5.10 Å². The number of hydrogen-bond acceptors (Lipinski definition) is 8. The number of esters is 1. The van der Waals surface area contributed by atoms with Crippen LogP contribution in [-0.4, -0.2) is 44.8 Å². The summed E-state index contributed by atoms with van der Waals surface area (Å²) < 4.78 is 21.3. The van der Waals surface area contributed by atoms with Gasteiger partial charge in [0.2, 0.25) is 0 Å². The largest absolute Gasteiger partial charge is 0.495 e. The Hall–Kier alpha value is -4.86. The Morgan fingerprint density at radius 1 is 0.861 bits per heavy atom. The second-order valence-electron chi connectivity index (χ2n) is 7.11. The van der Waals surface area contributed by atoms with E-state index in [2.05, 4.69) is 15.8 Å². The van der Waals surface area contributed by atoms with Crippen molar-refractivity contribution < 1.29 is 33.3 Å². The van der Waals surface area contributed by atoms with E-state index in [0.717, 1.165) is 0 Å². The zero-order valence-corrected chi connectivity index (χ0v) is 19.9. The predicted molar refractivity (Wildman–Crippen MR) is 133 cm³/mol. The van der Waals surface area contributed by atoms with E-state index >= 15 is 0 Å². The van der Waals surface area contributed by atoms with Crippen LogP contribution >= 0.6 is 0 Å². The van der Waals surface area contributed by atoms with Crippen LogP contribution in [0.1, 0.15) is 22.8 Å². The molecule has 3 rings (SSSR count). The Bertz CT molecular complexity index is 1260. The Labute approximate surface area is 207 Å². The number of ether oxygens (including phenoxy) is 4. The Morgan fingerprint density at radius 3 is 2.28 bits per heavy atom. The van der Waals surface area contributed by atoms with Crippen LogP contribution in [0.15, 0.2) is 71.8 Å². The number of carbonyl (C=O) groups is 3. The highest BCUT2D eigenvalue weighted by atomic mass is 16.6. The quantitative estimate of drug-likeness (QED) is 0.155. The van der Waals surface area contributed by atoms with E-state index in [9.17, 15) is 14.4 Å². The fraction of sp³-hybridized carbons (Fsp3) is 0.154. The first-order valence-corrected chi connectivity index (χ1v) is 10.9. The second kappa shape index (κ2) is 12.6. The minimum atomic E-state index is -0.968. The molecular formula is C26H25N3O7. The van der Waals surface area contributed by atoms with Crippen LogP contribution in [0.4, 0.5) is 5.69 Å². The normalized spacial score (nSPS) is 10.4. The van der Waals surface area contributed by atoms with Gasteiger partial charge in [0.25, 0.3) is 0 Å². The third-order valence-electron chi connectivity index (χ3n) is 4.73. The fourth-order valence-electron chi connectivity index (χ4n) is 3.00. The van der Waals surface area contributed by atoms with Gasteiger partial charge in [0.1, 0.15) is 11.5 Å². The molecule has 0 spiro atoms. The van der Waals surface area contributed by atoms with Crippen LogP contribution in [0.3, 0.4) is 0 Å². The van der Waals surface area contributed by atoms with E-state index in [4.69, 9.17) is 18.9 Å². The van der Waals surface area contributed by atoms with Crippen LogP contribution in [-0.2, 0) is 9.59 Å². The molecule has 10 nitrogen and oxygen atoms in total. The molecule has 36 heavy (non-hydrogen) atoms. The van der Waals surface area contributed by atoms with Crippen molar-refractivity contribution in [3.63, 3.8) is 0 Å². The van der Waals surface area contributed by atoms with Gasteiger partial charge in [-0.15, -0.1) is 0 Å². The molecule has 0 aliphatic heterocycles. The number of rotatable bonds is 9. The summed E-state index contributed by atoms with van der Waals surface area (Å²) in [6.07, 6.45) is 1.31. The van der Waals surface area contributed by atoms with Gasteiger partial charge in [0.05, 0.1) is 38.3 Å². The number of amides is 2. The number of nitrogens with zero attached hydrogens (tertiary/aromatic N) is 1. The van der Waals surface area contributed by atoms with Crippen molar-refractivity contribution in [2.75, 3.05) is 26.1 Å². The second-order valence-corrected chi connectivity index (χ2v) is 7.11. The summed E-state index contributed by atoms with van der Waals surface area (Å²) in [5.74, 6) is -0.897. The third-order valence-corrected chi connectivity index (χ3v) is 4.73. The van der Waals surface area contributed by atoms with Crippen molar-refractivity contribution in [1.29, 1.82) is 0 Å². The molecule has 0 heterocycles. The number of methoxy groups -OCH3 is 2. The van der Waals surface area contributed by atoms with Gasteiger partial charge in [-0.25, -0.2) is 10.2 Å². The molecule has 3 aromatic carbocycles. The molecule has 10 heteroatoms. The van der Waals surface area contributed by atoms with E-state index in [1.807, 2.05) is 6.92 Å². The molecule has 0 atom stereocenters. The van der Waals surface area contributed by atoms with Crippen molar-refractivity contribution in [3.05, 3.63) is 77.9 Å². The maximum Gasteiger partial charge on any atom is 0.343 e. The number of para-hydroxylation sites is 2. The Balaban J connectivity index is 1.60. The molecule has 0 aliphatic rings. The molecule has 0 saturated carbocycles.